The Bertz CT molecular complexity index is 990. The van der Waals surface area contributed by atoms with E-state index in [1.165, 1.54) is 4.68 Å². The summed E-state index contributed by atoms with van der Waals surface area (Å²) in [7, 11) is -2.02. The van der Waals surface area contributed by atoms with E-state index in [-0.39, 0.29) is 5.03 Å². The Balaban J connectivity index is 1.68. The fourth-order valence-electron chi connectivity index (χ4n) is 2.64. The predicted octanol–water partition coefficient (Wildman–Crippen LogP) is 2.65. The van der Waals surface area contributed by atoms with Gasteiger partial charge in [-0.15, -0.1) is 0 Å². The number of hydrogen-bond donors (Lipinski definition) is 1. The highest BCUT2D eigenvalue weighted by molar-refractivity contribution is 7.92. The Morgan fingerprint density at radius 1 is 1.22 bits per heavy atom. The Hall–Kier alpha value is -2.41. The summed E-state index contributed by atoms with van der Waals surface area (Å²) < 4.78 is 29.3. The highest BCUT2D eigenvalue weighted by Crippen LogP contribution is 2.39. The summed E-state index contributed by atoms with van der Waals surface area (Å²) in [5, 5.41) is 5.46. The molecule has 3 aromatic rings. The highest BCUT2D eigenvalue weighted by atomic mass is 32.2. The Kier molecular flexibility index (Phi) is 3.12. The minimum absolute atomic E-state index is 0.181. The highest BCUT2D eigenvalue weighted by Gasteiger charge is 2.29. The summed E-state index contributed by atoms with van der Waals surface area (Å²) in [6, 6.07) is 10.8. The summed E-state index contributed by atoms with van der Waals surface area (Å²) >= 11 is 0. The van der Waals surface area contributed by atoms with Crippen LogP contribution >= 0.6 is 0 Å². The zero-order valence-electron chi connectivity index (χ0n) is 12.6. The molecule has 1 saturated carbocycles. The van der Waals surface area contributed by atoms with Crippen LogP contribution in [0.25, 0.3) is 10.9 Å². The third-order valence-corrected chi connectivity index (χ3v) is 5.42. The molecular weight excluding hydrogens is 312 g/mol. The molecular formula is C16H16N4O2S. The van der Waals surface area contributed by atoms with Gasteiger partial charge in [-0.1, -0.05) is 12.1 Å². The zero-order chi connectivity index (χ0) is 16.0. The second kappa shape index (κ2) is 5.06. The first-order valence-corrected chi connectivity index (χ1v) is 8.93. The molecule has 0 aliphatic heterocycles. The van der Waals surface area contributed by atoms with Gasteiger partial charge in [0.15, 0.2) is 5.03 Å². The number of nitrogens with one attached hydrogen (secondary N) is 1. The van der Waals surface area contributed by atoms with Crippen molar-refractivity contribution in [3.05, 3.63) is 48.3 Å². The molecule has 118 valence electrons. The molecule has 6 nitrogen and oxygen atoms in total. The SMILES string of the molecule is Cn1nc(C2CC2)cc1S(=O)(=O)Nc1ccc2cccnc2c1. The Morgan fingerprint density at radius 3 is 2.83 bits per heavy atom. The minimum Gasteiger partial charge on any atom is -0.278 e. The molecule has 0 saturated heterocycles. The Labute approximate surface area is 134 Å². The molecule has 4 rings (SSSR count). The van der Waals surface area contributed by atoms with Crippen LogP contribution in [-0.4, -0.2) is 23.2 Å². The Morgan fingerprint density at radius 2 is 2.04 bits per heavy atom. The summed E-state index contributed by atoms with van der Waals surface area (Å²) in [6.07, 6.45) is 3.85. The lowest BCUT2D eigenvalue weighted by molar-refractivity contribution is 0.581. The zero-order valence-corrected chi connectivity index (χ0v) is 13.4. The summed E-state index contributed by atoms with van der Waals surface area (Å²) in [5.41, 5.74) is 2.09. The molecule has 0 radical (unpaired) electrons. The lowest BCUT2D eigenvalue weighted by Gasteiger charge is -2.08. The van der Waals surface area contributed by atoms with Gasteiger partial charge in [-0.25, -0.2) is 0 Å². The predicted molar refractivity (Wildman–Crippen MR) is 87.7 cm³/mol. The number of anilines is 1. The average Bonchev–Trinajstić information content (AvgIpc) is 3.29. The van der Waals surface area contributed by atoms with Gasteiger partial charge in [-0.2, -0.15) is 13.5 Å². The van der Waals surface area contributed by atoms with Crippen LogP contribution < -0.4 is 4.72 Å². The third kappa shape index (κ3) is 2.68. The van der Waals surface area contributed by atoms with Crippen molar-refractivity contribution in [2.45, 2.75) is 23.8 Å². The maximum absolute atomic E-state index is 12.6. The van der Waals surface area contributed by atoms with Crippen LogP contribution in [-0.2, 0) is 17.1 Å². The van der Waals surface area contributed by atoms with Crippen molar-refractivity contribution in [3.63, 3.8) is 0 Å². The normalized spacial score (nSPS) is 15.0. The maximum Gasteiger partial charge on any atom is 0.279 e. The smallest absolute Gasteiger partial charge is 0.278 e. The van der Waals surface area contributed by atoms with Crippen LogP contribution in [0.4, 0.5) is 5.69 Å². The molecule has 23 heavy (non-hydrogen) atoms. The molecule has 7 heteroatoms. The van der Waals surface area contributed by atoms with Gasteiger partial charge < -0.3 is 0 Å². The second-order valence-corrected chi connectivity index (χ2v) is 7.45. The van der Waals surface area contributed by atoms with Gasteiger partial charge in [0.05, 0.1) is 16.9 Å². The van der Waals surface area contributed by atoms with E-state index in [1.807, 2.05) is 18.2 Å². The molecule has 2 heterocycles. The first kappa shape index (κ1) is 14.2. The fourth-order valence-corrected chi connectivity index (χ4v) is 3.85. The average molecular weight is 328 g/mol. The van der Waals surface area contributed by atoms with Gasteiger partial charge in [-0.3, -0.25) is 14.4 Å². The topological polar surface area (TPSA) is 76.9 Å². The lowest BCUT2D eigenvalue weighted by Crippen LogP contribution is -2.16. The maximum atomic E-state index is 12.6. The van der Waals surface area contributed by atoms with Gasteiger partial charge in [0, 0.05) is 30.6 Å². The molecule has 1 aromatic carbocycles. The van der Waals surface area contributed by atoms with Crippen LogP contribution in [0.5, 0.6) is 0 Å². The summed E-state index contributed by atoms with van der Waals surface area (Å²) in [6.45, 7) is 0. The van der Waals surface area contributed by atoms with Crippen molar-refractivity contribution < 1.29 is 8.42 Å². The largest absolute Gasteiger partial charge is 0.279 e. The molecule has 0 amide bonds. The van der Waals surface area contributed by atoms with E-state index >= 15 is 0 Å². The van der Waals surface area contributed by atoms with Gasteiger partial charge in [0.25, 0.3) is 10.0 Å². The van der Waals surface area contributed by atoms with Crippen molar-refractivity contribution in [2.24, 2.45) is 7.05 Å². The third-order valence-electron chi connectivity index (χ3n) is 3.98. The standard InChI is InChI=1S/C16H16N4O2S/c1-20-16(10-15(18-20)12-4-5-12)23(21,22)19-13-7-6-11-3-2-8-17-14(11)9-13/h2-3,6-10,12,19H,4-5H2,1H3. The molecule has 2 aromatic heterocycles. The summed E-state index contributed by atoms with van der Waals surface area (Å²) in [5.74, 6) is 0.412. The molecule has 1 aliphatic rings. The monoisotopic (exact) mass is 328 g/mol. The van der Waals surface area contributed by atoms with E-state index in [1.54, 1.807) is 31.4 Å². The van der Waals surface area contributed by atoms with Crippen molar-refractivity contribution in [3.8, 4) is 0 Å². The molecule has 0 atom stereocenters. The summed E-state index contributed by atoms with van der Waals surface area (Å²) in [4.78, 5) is 4.25. The van der Waals surface area contributed by atoms with Crippen LogP contribution in [0.3, 0.4) is 0 Å². The van der Waals surface area contributed by atoms with E-state index in [0.717, 1.165) is 29.4 Å². The van der Waals surface area contributed by atoms with Crippen molar-refractivity contribution in [2.75, 3.05) is 4.72 Å². The van der Waals surface area contributed by atoms with E-state index in [4.69, 9.17) is 0 Å². The van der Waals surface area contributed by atoms with Crippen molar-refractivity contribution in [1.29, 1.82) is 0 Å². The van der Waals surface area contributed by atoms with Crippen LogP contribution in [0.1, 0.15) is 24.5 Å². The molecule has 1 N–H and O–H groups in total. The molecule has 0 unspecified atom stereocenters. The van der Waals surface area contributed by atoms with Crippen molar-refractivity contribution in [1.82, 2.24) is 14.8 Å². The van der Waals surface area contributed by atoms with Crippen LogP contribution in [0, 0.1) is 0 Å². The molecule has 0 spiro atoms. The number of aryl methyl sites for hydroxylation is 1. The minimum atomic E-state index is -3.67. The first-order chi connectivity index (χ1) is 11.0. The fraction of sp³-hybridized carbons (Fsp3) is 0.250. The lowest BCUT2D eigenvalue weighted by atomic mass is 10.2. The van der Waals surface area contributed by atoms with Gasteiger partial charge in [-0.05, 0) is 31.0 Å². The van der Waals surface area contributed by atoms with E-state index in [2.05, 4.69) is 14.8 Å². The second-order valence-electron chi connectivity index (χ2n) is 5.82. The van der Waals surface area contributed by atoms with Gasteiger partial charge in [0.1, 0.15) is 0 Å². The van der Waals surface area contributed by atoms with Crippen LogP contribution in [0.15, 0.2) is 47.6 Å². The molecule has 1 fully saturated rings. The van der Waals surface area contributed by atoms with E-state index in [9.17, 15) is 8.42 Å². The quantitative estimate of drug-likeness (QED) is 0.799. The first-order valence-electron chi connectivity index (χ1n) is 7.44. The van der Waals surface area contributed by atoms with Gasteiger partial charge >= 0.3 is 0 Å². The number of hydrogen-bond acceptors (Lipinski definition) is 4. The number of fused-ring (bicyclic) bond motifs is 1. The van der Waals surface area contributed by atoms with Gasteiger partial charge in [0.2, 0.25) is 0 Å². The molecule has 0 bridgehead atoms. The van der Waals surface area contributed by atoms with Crippen molar-refractivity contribution >= 4 is 26.6 Å². The van der Waals surface area contributed by atoms with E-state index in [0.29, 0.717) is 11.6 Å². The number of pyridine rings is 1. The van der Waals surface area contributed by atoms with Crippen LogP contribution in [0.2, 0.25) is 0 Å². The number of nitrogens with zero attached hydrogens (tertiary/aromatic N) is 3. The number of rotatable bonds is 4. The molecule has 1 aliphatic carbocycles. The van der Waals surface area contributed by atoms with E-state index < -0.39 is 10.0 Å². The number of benzene rings is 1. The number of sulfonamides is 1. The number of aromatic nitrogens is 3.